The maximum absolute atomic E-state index is 13.1. The molecule has 0 saturated carbocycles. The lowest BCUT2D eigenvalue weighted by molar-refractivity contribution is -0.302. The maximum atomic E-state index is 13.1. The minimum absolute atomic E-state index is 0.251. The zero-order valence-electron chi connectivity index (χ0n) is 45.2. The first kappa shape index (κ1) is 65.9. The summed E-state index contributed by atoms with van der Waals surface area (Å²) in [7, 11) is 0. The maximum Gasteiger partial charge on any atom is 0.249 e. The average molecular weight is 983 g/mol. The van der Waals surface area contributed by atoms with Gasteiger partial charge in [-0.3, -0.25) is 4.79 Å². The molecular weight excluding hydrogens is 867 g/mol. The Kier molecular flexibility index (Phi) is 46.9. The molecule has 1 fully saturated rings. The molecule has 8 unspecified atom stereocenters. The Morgan fingerprint density at radius 3 is 1.17 bits per heavy atom. The van der Waals surface area contributed by atoms with Crippen molar-refractivity contribution in [1.82, 2.24) is 5.32 Å². The van der Waals surface area contributed by atoms with Crippen LogP contribution in [0.25, 0.3) is 0 Å². The fraction of sp³-hybridized carbons (Fsp3) is 0.949. The normalized spacial score (nSPS) is 19.9. The molecule has 0 spiro atoms. The minimum Gasteiger partial charge on any atom is -0.394 e. The first-order chi connectivity index (χ1) is 33.8. The van der Waals surface area contributed by atoms with Gasteiger partial charge >= 0.3 is 0 Å². The van der Waals surface area contributed by atoms with Crippen LogP contribution in [-0.4, -0.2) is 98.7 Å². The predicted octanol–water partition coefficient (Wildman–Crippen LogP) is 13.8. The van der Waals surface area contributed by atoms with E-state index < -0.39 is 61.5 Å². The van der Waals surface area contributed by atoms with E-state index in [1.807, 2.05) is 0 Å². The standard InChI is InChI=1S/C59H115NO9/c1-3-5-7-9-11-13-15-17-18-19-20-21-22-23-24-25-26-27-28-29-30-31-32-33-34-36-38-40-42-44-46-48-53(63)58(67)60-51(50-68-59-57(66)56(65)55(64)54(49-61)69-59)52(62)47-45-43-41-39-37-35-16-14-12-10-8-6-4-2/h23-24,51-57,59,61-66H,3-22,25-50H2,1-2H3,(H,60,67)/b24-23-. The van der Waals surface area contributed by atoms with Crippen molar-refractivity contribution >= 4 is 5.91 Å². The number of aliphatic hydroxyl groups is 6. The van der Waals surface area contributed by atoms with Crippen LogP contribution in [0.15, 0.2) is 12.2 Å². The van der Waals surface area contributed by atoms with Gasteiger partial charge in [0.25, 0.3) is 0 Å². The van der Waals surface area contributed by atoms with Gasteiger partial charge in [0.1, 0.15) is 30.5 Å². The third-order valence-corrected chi connectivity index (χ3v) is 14.7. The molecule has 0 bridgehead atoms. The monoisotopic (exact) mass is 982 g/mol. The molecule has 8 atom stereocenters. The van der Waals surface area contributed by atoms with Crippen LogP contribution in [0.3, 0.4) is 0 Å². The van der Waals surface area contributed by atoms with Crippen molar-refractivity contribution in [2.75, 3.05) is 13.2 Å². The Labute approximate surface area is 425 Å². The van der Waals surface area contributed by atoms with Crippen molar-refractivity contribution in [3.63, 3.8) is 0 Å². The molecule has 1 rings (SSSR count). The van der Waals surface area contributed by atoms with Crippen molar-refractivity contribution < 1.29 is 44.9 Å². The van der Waals surface area contributed by atoms with Gasteiger partial charge in [-0.15, -0.1) is 0 Å². The second-order valence-electron chi connectivity index (χ2n) is 21.3. The Balaban J connectivity index is 2.14. The van der Waals surface area contributed by atoms with Gasteiger partial charge in [-0.05, 0) is 38.5 Å². The van der Waals surface area contributed by atoms with Crippen LogP contribution in [0.1, 0.15) is 296 Å². The largest absolute Gasteiger partial charge is 0.394 e. The van der Waals surface area contributed by atoms with E-state index in [2.05, 4.69) is 31.3 Å². The lowest BCUT2D eigenvalue weighted by atomic mass is 9.99. The predicted molar refractivity (Wildman–Crippen MR) is 287 cm³/mol. The Morgan fingerprint density at radius 1 is 0.478 bits per heavy atom. The molecule has 1 aliphatic rings. The van der Waals surface area contributed by atoms with Gasteiger partial charge in [0, 0.05) is 0 Å². The number of rotatable bonds is 52. The minimum atomic E-state index is -1.59. The molecule has 1 aliphatic heterocycles. The lowest BCUT2D eigenvalue weighted by Crippen LogP contribution is -2.60. The van der Waals surface area contributed by atoms with Crippen LogP contribution < -0.4 is 5.32 Å². The summed E-state index contributed by atoms with van der Waals surface area (Å²) in [6.07, 6.45) is 50.1. The van der Waals surface area contributed by atoms with E-state index in [0.29, 0.717) is 12.8 Å². The average Bonchev–Trinajstić information content (AvgIpc) is 3.35. The highest BCUT2D eigenvalue weighted by Crippen LogP contribution is 2.23. The lowest BCUT2D eigenvalue weighted by Gasteiger charge is -2.40. The zero-order chi connectivity index (χ0) is 50.3. The first-order valence-corrected chi connectivity index (χ1v) is 30.0. The summed E-state index contributed by atoms with van der Waals surface area (Å²) in [5, 5.41) is 65.1. The highest BCUT2D eigenvalue weighted by molar-refractivity contribution is 5.80. The van der Waals surface area contributed by atoms with Crippen LogP contribution in [-0.2, 0) is 14.3 Å². The van der Waals surface area contributed by atoms with Gasteiger partial charge < -0.3 is 45.4 Å². The van der Waals surface area contributed by atoms with E-state index >= 15 is 0 Å². The SMILES string of the molecule is CCCCCCCCCCCCCC/C=C\CCCCCCCCCCCCCCCCCC(O)C(=O)NC(COC1OC(CO)C(O)C(O)C1O)C(O)CCCCCCCCCCCCCCC. The number of unbranched alkanes of at least 4 members (excludes halogenated alkanes) is 39. The quantitative estimate of drug-likeness (QED) is 0.0232. The number of amides is 1. The smallest absolute Gasteiger partial charge is 0.249 e. The number of nitrogens with one attached hydrogen (secondary N) is 1. The van der Waals surface area contributed by atoms with E-state index in [4.69, 9.17) is 9.47 Å². The third-order valence-electron chi connectivity index (χ3n) is 14.7. The third kappa shape index (κ3) is 38.2. The Bertz CT molecular complexity index is 1110. The highest BCUT2D eigenvalue weighted by atomic mass is 16.7. The molecule has 10 nitrogen and oxygen atoms in total. The second-order valence-corrected chi connectivity index (χ2v) is 21.3. The molecule has 0 radical (unpaired) electrons. The molecule has 0 aliphatic carbocycles. The number of carbonyl (C=O) groups is 1. The summed E-state index contributed by atoms with van der Waals surface area (Å²) in [4.78, 5) is 13.1. The fourth-order valence-corrected chi connectivity index (χ4v) is 9.87. The van der Waals surface area contributed by atoms with E-state index in [1.165, 1.54) is 225 Å². The summed E-state index contributed by atoms with van der Waals surface area (Å²) in [6.45, 7) is 3.70. The molecule has 410 valence electrons. The number of hydrogen-bond acceptors (Lipinski definition) is 9. The van der Waals surface area contributed by atoms with Crippen molar-refractivity contribution in [3.05, 3.63) is 12.2 Å². The molecule has 0 aromatic rings. The molecule has 69 heavy (non-hydrogen) atoms. The summed E-state index contributed by atoms with van der Waals surface area (Å²) in [6, 6.07) is -0.891. The van der Waals surface area contributed by atoms with E-state index in [-0.39, 0.29) is 6.61 Å². The number of ether oxygens (including phenoxy) is 2. The van der Waals surface area contributed by atoms with Gasteiger partial charge in [-0.1, -0.05) is 270 Å². The van der Waals surface area contributed by atoms with E-state index in [1.54, 1.807) is 0 Å². The van der Waals surface area contributed by atoms with Gasteiger partial charge in [-0.2, -0.15) is 0 Å². The van der Waals surface area contributed by atoms with Crippen LogP contribution in [0.2, 0.25) is 0 Å². The van der Waals surface area contributed by atoms with Crippen LogP contribution in [0.4, 0.5) is 0 Å². The van der Waals surface area contributed by atoms with Gasteiger partial charge in [0.05, 0.1) is 25.4 Å². The number of hydrogen-bond donors (Lipinski definition) is 7. The molecule has 1 amide bonds. The number of carbonyl (C=O) groups excluding carboxylic acids is 1. The summed E-state index contributed by atoms with van der Waals surface area (Å²) < 4.78 is 11.2. The van der Waals surface area contributed by atoms with Crippen LogP contribution in [0, 0.1) is 0 Å². The zero-order valence-corrected chi connectivity index (χ0v) is 45.2. The van der Waals surface area contributed by atoms with Crippen molar-refractivity contribution in [3.8, 4) is 0 Å². The van der Waals surface area contributed by atoms with Crippen molar-refractivity contribution in [2.45, 2.75) is 345 Å². The summed E-state index contributed by atoms with van der Waals surface area (Å²) >= 11 is 0. The Hall–Kier alpha value is -1.11. The molecule has 7 N–H and O–H groups in total. The number of aliphatic hydroxyl groups excluding tert-OH is 6. The number of allylic oxidation sites excluding steroid dienone is 2. The van der Waals surface area contributed by atoms with Crippen molar-refractivity contribution in [2.24, 2.45) is 0 Å². The summed E-state index contributed by atoms with van der Waals surface area (Å²) in [5.74, 6) is -0.579. The van der Waals surface area contributed by atoms with Gasteiger partial charge in [0.15, 0.2) is 6.29 Å². The van der Waals surface area contributed by atoms with E-state index in [9.17, 15) is 35.4 Å². The second kappa shape index (κ2) is 49.1. The molecule has 10 heteroatoms. The van der Waals surface area contributed by atoms with Gasteiger partial charge in [0.2, 0.25) is 5.91 Å². The molecule has 0 aromatic heterocycles. The highest BCUT2D eigenvalue weighted by Gasteiger charge is 2.44. The van der Waals surface area contributed by atoms with Crippen LogP contribution >= 0.6 is 0 Å². The Morgan fingerprint density at radius 2 is 0.812 bits per heavy atom. The van der Waals surface area contributed by atoms with Gasteiger partial charge in [-0.25, -0.2) is 0 Å². The molecular formula is C59H115NO9. The topological polar surface area (TPSA) is 169 Å². The summed E-state index contributed by atoms with van der Waals surface area (Å²) in [5.41, 5.74) is 0. The molecule has 1 heterocycles. The molecule has 0 aromatic carbocycles. The van der Waals surface area contributed by atoms with Crippen molar-refractivity contribution in [1.29, 1.82) is 0 Å². The fourth-order valence-electron chi connectivity index (χ4n) is 9.87. The van der Waals surface area contributed by atoms with E-state index in [0.717, 1.165) is 44.9 Å². The first-order valence-electron chi connectivity index (χ1n) is 30.0. The molecule has 1 saturated heterocycles. The van der Waals surface area contributed by atoms with Crippen LogP contribution in [0.5, 0.6) is 0 Å².